The summed E-state index contributed by atoms with van der Waals surface area (Å²) in [6, 6.07) is 16.2. The van der Waals surface area contributed by atoms with Crippen LogP contribution >= 0.6 is 0 Å². The average Bonchev–Trinajstić information content (AvgIpc) is 3.42. The number of hydrogen-bond donors (Lipinski definition) is 1. The molecule has 11 heteroatoms. The van der Waals surface area contributed by atoms with E-state index in [2.05, 4.69) is 15.1 Å². The van der Waals surface area contributed by atoms with Crippen LogP contribution in [0.4, 0.5) is 13.2 Å². The van der Waals surface area contributed by atoms with Gasteiger partial charge in [0, 0.05) is 29.6 Å². The van der Waals surface area contributed by atoms with Gasteiger partial charge >= 0.3 is 6.18 Å². The number of nitrogens with zero attached hydrogens (tertiary/aromatic N) is 6. The summed E-state index contributed by atoms with van der Waals surface area (Å²) in [5.41, 5.74) is -0.405. The van der Waals surface area contributed by atoms with Gasteiger partial charge in [0.2, 0.25) is 0 Å². The molecule has 0 amide bonds. The van der Waals surface area contributed by atoms with Crippen LogP contribution < -0.4 is 5.56 Å². The molecule has 0 unspecified atom stereocenters. The van der Waals surface area contributed by atoms with E-state index >= 15 is 0 Å². The second kappa shape index (κ2) is 8.50. The zero-order valence-electron chi connectivity index (χ0n) is 21.2. The van der Waals surface area contributed by atoms with Crippen molar-refractivity contribution in [1.29, 1.82) is 0 Å². The van der Waals surface area contributed by atoms with Crippen molar-refractivity contribution in [1.82, 2.24) is 28.9 Å². The zero-order valence-corrected chi connectivity index (χ0v) is 21.2. The molecular formula is C28H23F3N6O2. The second-order valence-corrected chi connectivity index (χ2v) is 10.1. The van der Waals surface area contributed by atoms with Gasteiger partial charge in [-0.1, -0.05) is 18.2 Å². The molecule has 39 heavy (non-hydrogen) atoms. The normalized spacial score (nSPS) is 12.7. The first-order valence-electron chi connectivity index (χ1n) is 12.2. The highest BCUT2D eigenvalue weighted by Gasteiger charge is 2.33. The molecule has 0 saturated heterocycles. The van der Waals surface area contributed by atoms with E-state index in [4.69, 9.17) is 0 Å². The van der Waals surface area contributed by atoms with Gasteiger partial charge in [0.25, 0.3) is 5.56 Å². The highest BCUT2D eigenvalue weighted by atomic mass is 19.4. The Morgan fingerprint density at radius 2 is 1.72 bits per heavy atom. The van der Waals surface area contributed by atoms with Gasteiger partial charge < -0.3 is 9.67 Å². The van der Waals surface area contributed by atoms with Gasteiger partial charge in [0.15, 0.2) is 5.52 Å². The molecule has 4 heterocycles. The minimum Gasteiger partial charge on any atom is -0.389 e. The molecule has 0 aliphatic carbocycles. The summed E-state index contributed by atoms with van der Waals surface area (Å²) in [5.74, 6) is 0.464. The molecule has 0 aliphatic heterocycles. The number of fused-ring (bicyclic) bond motifs is 4. The van der Waals surface area contributed by atoms with Crippen LogP contribution in [0.1, 0.15) is 19.5 Å². The van der Waals surface area contributed by atoms with Crippen LogP contribution in [0.15, 0.2) is 71.7 Å². The molecule has 0 spiro atoms. The highest BCUT2D eigenvalue weighted by molar-refractivity contribution is 6.03. The standard InChI is InChI=1S/C28H23F3N6O2/c1-27(2,39)15-36-14-17-13-16(9-11-20(17)34-36)24-33-22-23(35(24)3)19-10-12-21(28(29,30)31)32-25(19)37(26(22)38)18-7-5-4-6-8-18/h4-14,39H,15H2,1-3H3. The minimum atomic E-state index is -4.68. The summed E-state index contributed by atoms with van der Waals surface area (Å²) < 4.78 is 45.3. The maximum absolute atomic E-state index is 13.8. The number of hydrogen-bond acceptors (Lipinski definition) is 5. The third-order valence-corrected chi connectivity index (χ3v) is 6.51. The first-order valence-corrected chi connectivity index (χ1v) is 12.2. The van der Waals surface area contributed by atoms with Crippen LogP contribution in [0.5, 0.6) is 0 Å². The van der Waals surface area contributed by atoms with Crippen LogP contribution in [-0.4, -0.2) is 39.6 Å². The van der Waals surface area contributed by atoms with Crippen molar-refractivity contribution < 1.29 is 18.3 Å². The van der Waals surface area contributed by atoms with Crippen LogP contribution in [0, 0.1) is 0 Å². The van der Waals surface area contributed by atoms with Crippen molar-refractivity contribution in [2.75, 3.05) is 0 Å². The third kappa shape index (κ3) is 4.24. The zero-order chi connectivity index (χ0) is 27.7. The highest BCUT2D eigenvalue weighted by Crippen LogP contribution is 2.33. The summed E-state index contributed by atoms with van der Waals surface area (Å²) in [7, 11) is 1.72. The van der Waals surface area contributed by atoms with Gasteiger partial charge in [-0.05, 0) is 56.3 Å². The van der Waals surface area contributed by atoms with E-state index in [1.165, 1.54) is 10.6 Å². The quantitative estimate of drug-likeness (QED) is 0.342. The first kappa shape index (κ1) is 24.8. The maximum Gasteiger partial charge on any atom is 0.433 e. The van der Waals surface area contributed by atoms with E-state index in [9.17, 15) is 23.1 Å². The second-order valence-electron chi connectivity index (χ2n) is 10.1. The smallest absolute Gasteiger partial charge is 0.389 e. The lowest BCUT2D eigenvalue weighted by Gasteiger charge is -2.16. The predicted octanol–water partition coefficient (Wildman–Crippen LogP) is 5.08. The van der Waals surface area contributed by atoms with Crippen LogP contribution in [0.25, 0.3) is 50.0 Å². The minimum absolute atomic E-state index is 0.105. The van der Waals surface area contributed by atoms with Gasteiger partial charge in [-0.2, -0.15) is 18.3 Å². The molecule has 6 rings (SSSR count). The van der Waals surface area contributed by atoms with E-state index in [-0.39, 0.29) is 11.2 Å². The number of imidazole rings is 1. The van der Waals surface area contributed by atoms with Crippen molar-refractivity contribution in [2.45, 2.75) is 32.2 Å². The third-order valence-electron chi connectivity index (χ3n) is 6.51. The van der Waals surface area contributed by atoms with Gasteiger partial charge in [0.05, 0.1) is 28.9 Å². The van der Waals surface area contributed by atoms with Crippen molar-refractivity contribution in [3.63, 3.8) is 0 Å². The van der Waals surface area contributed by atoms with E-state index < -0.39 is 23.0 Å². The summed E-state index contributed by atoms with van der Waals surface area (Å²) >= 11 is 0. The van der Waals surface area contributed by atoms with Crippen LogP contribution in [0.2, 0.25) is 0 Å². The Morgan fingerprint density at radius 3 is 2.41 bits per heavy atom. The van der Waals surface area contributed by atoms with Gasteiger partial charge in [-0.15, -0.1) is 0 Å². The SMILES string of the molecule is Cn1c(-c2ccc3nn(CC(C)(C)O)cc3c2)nc2c(=O)n(-c3ccccc3)c3nc(C(F)(F)F)ccc3c21. The van der Waals surface area contributed by atoms with Gasteiger partial charge in [-0.3, -0.25) is 14.0 Å². The van der Waals surface area contributed by atoms with Crippen molar-refractivity contribution in [3.05, 3.63) is 82.9 Å². The number of benzene rings is 2. The maximum atomic E-state index is 13.8. The van der Waals surface area contributed by atoms with E-state index in [1.807, 2.05) is 24.4 Å². The fourth-order valence-electron chi connectivity index (χ4n) is 4.89. The number of para-hydroxylation sites is 1. The lowest BCUT2D eigenvalue weighted by atomic mass is 10.1. The van der Waals surface area contributed by atoms with E-state index in [0.717, 1.165) is 17.0 Å². The van der Waals surface area contributed by atoms with Gasteiger partial charge in [-0.25, -0.2) is 9.97 Å². The van der Waals surface area contributed by atoms with Crippen LogP contribution in [0.3, 0.4) is 0 Å². The molecule has 6 aromatic rings. The number of aryl methyl sites for hydroxylation is 1. The molecule has 1 N–H and O–H groups in total. The summed E-state index contributed by atoms with van der Waals surface area (Å²) in [6.45, 7) is 3.70. The molecule has 0 saturated carbocycles. The first-order chi connectivity index (χ1) is 18.4. The average molecular weight is 533 g/mol. The molecule has 2 aromatic carbocycles. The molecule has 0 radical (unpaired) electrons. The fraction of sp³-hybridized carbons (Fsp3) is 0.214. The Labute approximate surface area is 219 Å². The monoisotopic (exact) mass is 532 g/mol. The Morgan fingerprint density at radius 1 is 0.974 bits per heavy atom. The van der Waals surface area contributed by atoms with Crippen molar-refractivity contribution in [2.24, 2.45) is 7.05 Å². The van der Waals surface area contributed by atoms with Crippen molar-refractivity contribution >= 4 is 33.0 Å². The molecule has 0 atom stereocenters. The number of aromatic nitrogens is 6. The summed E-state index contributed by atoms with van der Waals surface area (Å²) in [5, 5.41) is 15.8. The summed E-state index contributed by atoms with van der Waals surface area (Å²) in [4.78, 5) is 22.3. The Hall–Kier alpha value is -4.51. The molecule has 4 aromatic heterocycles. The fourth-order valence-corrected chi connectivity index (χ4v) is 4.89. The Balaban J connectivity index is 1.61. The molecule has 0 bridgehead atoms. The Bertz CT molecular complexity index is 1950. The summed E-state index contributed by atoms with van der Waals surface area (Å²) in [6.07, 6.45) is -2.86. The van der Waals surface area contributed by atoms with Gasteiger partial charge in [0.1, 0.15) is 17.2 Å². The molecule has 198 valence electrons. The number of rotatable bonds is 4. The van der Waals surface area contributed by atoms with Crippen molar-refractivity contribution in [3.8, 4) is 17.1 Å². The molecule has 8 nitrogen and oxygen atoms in total. The molecular weight excluding hydrogens is 509 g/mol. The lowest BCUT2D eigenvalue weighted by Crippen LogP contribution is -2.26. The number of alkyl halides is 3. The largest absolute Gasteiger partial charge is 0.433 e. The lowest BCUT2D eigenvalue weighted by molar-refractivity contribution is -0.141. The molecule has 0 aliphatic rings. The molecule has 0 fully saturated rings. The van der Waals surface area contributed by atoms with Crippen LogP contribution in [-0.2, 0) is 19.8 Å². The topological polar surface area (TPSA) is 90.8 Å². The number of pyridine rings is 2. The number of aliphatic hydroxyl groups is 1. The van der Waals surface area contributed by atoms with E-state index in [0.29, 0.717) is 34.5 Å². The van der Waals surface area contributed by atoms with E-state index in [1.54, 1.807) is 60.5 Å². The number of halogens is 3. The predicted molar refractivity (Wildman–Crippen MR) is 142 cm³/mol. The Kier molecular flexibility index (Phi) is 5.41.